The van der Waals surface area contributed by atoms with E-state index in [2.05, 4.69) is 15.6 Å². The maximum atomic E-state index is 12.9. The van der Waals surface area contributed by atoms with Crippen molar-refractivity contribution < 1.29 is 22.7 Å². The summed E-state index contributed by atoms with van der Waals surface area (Å²) in [6.45, 7) is 2.61. The third-order valence-electron chi connectivity index (χ3n) is 5.95. The van der Waals surface area contributed by atoms with Crippen LogP contribution in [0.15, 0.2) is 46.7 Å². The number of sulfonamides is 1. The van der Waals surface area contributed by atoms with E-state index in [9.17, 15) is 13.2 Å². The lowest BCUT2D eigenvalue weighted by Gasteiger charge is -2.26. The SMILES string of the molecule is CNc1nc(-c2ccc(OC)c(NC(=O)COc3ccc(S(=O)(=O)N4CCCCC4)cc3C)c2)cs1. The van der Waals surface area contributed by atoms with Crippen LogP contribution in [0.5, 0.6) is 11.5 Å². The number of anilines is 2. The van der Waals surface area contributed by atoms with Crippen LogP contribution >= 0.6 is 11.3 Å². The van der Waals surface area contributed by atoms with Crippen LogP contribution in [0.2, 0.25) is 0 Å². The van der Waals surface area contributed by atoms with Crippen molar-refractivity contribution in [2.45, 2.75) is 31.1 Å². The number of amides is 1. The molecule has 0 bridgehead atoms. The molecule has 2 heterocycles. The number of aryl methyl sites for hydroxylation is 1. The van der Waals surface area contributed by atoms with Gasteiger partial charge >= 0.3 is 0 Å². The Morgan fingerprint density at radius 1 is 1.11 bits per heavy atom. The molecule has 0 radical (unpaired) electrons. The zero-order valence-corrected chi connectivity index (χ0v) is 22.2. The molecular weight excluding hydrogens is 500 g/mol. The van der Waals surface area contributed by atoms with Gasteiger partial charge in [-0.15, -0.1) is 11.3 Å². The second kappa shape index (κ2) is 11.3. The summed E-state index contributed by atoms with van der Waals surface area (Å²) in [6, 6.07) is 10.2. The summed E-state index contributed by atoms with van der Waals surface area (Å²) in [5.41, 5.74) is 2.77. The molecule has 2 aromatic carbocycles. The highest BCUT2D eigenvalue weighted by molar-refractivity contribution is 7.89. The molecule has 3 aromatic rings. The van der Waals surface area contributed by atoms with Crippen LogP contribution in [0.4, 0.5) is 10.8 Å². The summed E-state index contributed by atoms with van der Waals surface area (Å²) in [5, 5.41) is 8.57. The fraction of sp³-hybridized carbons (Fsp3) is 0.360. The first kappa shape index (κ1) is 25.9. The van der Waals surface area contributed by atoms with E-state index in [-0.39, 0.29) is 17.4 Å². The van der Waals surface area contributed by atoms with Gasteiger partial charge in [-0.3, -0.25) is 4.79 Å². The lowest BCUT2D eigenvalue weighted by atomic mass is 10.1. The van der Waals surface area contributed by atoms with Crippen molar-refractivity contribution in [3.63, 3.8) is 0 Å². The Balaban J connectivity index is 1.42. The van der Waals surface area contributed by atoms with E-state index in [0.717, 1.165) is 35.7 Å². The molecule has 192 valence electrons. The predicted molar refractivity (Wildman–Crippen MR) is 142 cm³/mol. The van der Waals surface area contributed by atoms with Crippen molar-refractivity contribution in [1.82, 2.24) is 9.29 Å². The number of nitrogens with zero attached hydrogens (tertiary/aromatic N) is 2. The molecular formula is C25H30N4O5S2. The third-order valence-corrected chi connectivity index (χ3v) is 8.70. The number of piperidine rings is 1. The largest absolute Gasteiger partial charge is 0.495 e. The molecule has 9 nitrogen and oxygen atoms in total. The van der Waals surface area contributed by atoms with Crippen molar-refractivity contribution in [1.29, 1.82) is 0 Å². The average molecular weight is 531 g/mol. The molecule has 1 saturated heterocycles. The minimum atomic E-state index is -3.53. The molecule has 1 fully saturated rings. The Kier molecular flexibility index (Phi) is 8.12. The van der Waals surface area contributed by atoms with Crippen LogP contribution in [0, 0.1) is 6.92 Å². The van der Waals surface area contributed by atoms with E-state index in [1.54, 1.807) is 31.2 Å². The van der Waals surface area contributed by atoms with E-state index in [1.165, 1.54) is 28.8 Å². The highest BCUT2D eigenvalue weighted by atomic mass is 32.2. The Hall–Kier alpha value is -3.15. The lowest BCUT2D eigenvalue weighted by Crippen LogP contribution is -2.35. The number of hydrogen-bond acceptors (Lipinski definition) is 8. The van der Waals surface area contributed by atoms with Crippen LogP contribution in [0.1, 0.15) is 24.8 Å². The topological polar surface area (TPSA) is 110 Å². The number of carbonyl (C=O) groups excluding carboxylic acids is 1. The lowest BCUT2D eigenvalue weighted by molar-refractivity contribution is -0.118. The van der Waals surface area contributed by atoms with Crippen molar-refractivity contribution in [2.24, 2.45) is 0 Å². The molecule has 1 amide bonds. The predicted octanol–water partition coefficient (Wildman–Crippen LogP) is 4.36. The minimum absolute atomic E-state index is 0.240. The molecule has 0 unspecified atom stereocenters. The smallest absolute Gasteiger partial charge is 0.262 e. The number of methoxy groups -OCH3 is 1. The van der Waals surface area contributed by atoms with Gasteiger partial charge in [-0.05, 0) is 61.7 Å². The van der Waals surface area contributed by atoms with Gasteiger partial charge in [0.15, 0.2) is 11.7 Å². The summed E-state index contributed by atoms with van der Waals surface area (Å²) in [4.78, 5) is 17.4. The first-order valence-corrected chi connectivity index (χ1v) is 14.0. The molecule has 0 atom stereocenters. The number of benzene rings is 2. The van der Waals surface area contributed by atoms with Gasteiger partial charge in [-0.2, -0.15) is 4.31 Å². The summed E-state index contributed by atoms with van der Waals surface area (Å²) in [6.07, 6.45) is 2.81. The van der Waals surface area contributed by atoms with Crippen molar-refractivity contribution in [2.75, 3.05) is 44.5 Å². The number of rotatable bonds is 9. The van der Waals surface area contributed by atoms with Crippen LogP contribution in [0.25, 0.3) is 11.3 Å². The molecule has 1 aliphatic heterocycles. The van der Waals surface area contributed by atoms with Gasteiger partial charge in [-0.25, -0.2) is 13.4 Å². The fourth-order valence-corrected chi connectivity index (χ4v) is 6.30. The normalized spacial score (nSPS) is 14.3. The Labute approximate surface area is 215 Å². The Morgan fingerprint density at radius 3 is 2.53 bits per heavy atom. The molecule has 0 aliphatic carbocycles. The zero-order chi connectivity index (χ0) is 25.7. The van der Waals surface area contributed by atoms with Gasteiger partial charge in [0.25, 0.3) is 5.91 Å². The number of thiazole rings is 1. The summed E-state index contributed by atoms with van der Waals surface area (Å²) < 4.78 is 38.5. The quantitative estimate of drug-likeness (QED) is 0.423. The summed E-state index contributed by atoms with van der Waals surface area (Å²) in [5.74, 6) is 0.592. The van der Waals surface area contributed by atoms with Crippen LogP contribution < -0.4 is 20.1 Å². The highest BCUT2D eigenvalue weighted by Gasteiger charge is 2.26. The number of hydrogen-bond donors (Lipinski definition) is 2. The molecule has 36 heavy (non-hydrogen) atoms. The minimum Gasteiger partial charge on any atom is -0.495 e. The summed E-state index contributed by atoms with van der Waals surface area (Å²) >= 11 is 1.49. The van der Waals surface area contributed by atoms with Gasteiger partial charge in [0, 0.05) is 31.1 Å². The molecule has 2 N–H and O–H groups in total. The van der Waals surface area contributed by atoms with Gasteiger partial charge in [0.05, 0.1) is 23.4 Å². The van der Waals surface area contributed by atoms with Gasteiger partial charge in [0.1, 0.15) is 11.5 Å². The first-order valence-electron chi connectivity index (χ1n) is 11.7. The number of nitrogens with one attached hydrogen (secondary N) is 2. The molecule has 1 aromatic heterocycles. The standard InChI is InChI=1S/C25H30N4O5S2/c1-17-13-19(36(31,32)29-11-5-4-6-12-29)8-10-22(17)34-15-24(30)27-20-14-18(7-9-23(20)33-3)21-16-35-25(26-2)28-21/h7-10,13-14,16H,4-6,11-12,15H2,1-3H3,(H,26,28)(H,27,30). The van der Waals surface area contributed by atoms with Gasteiger partial charge in [-0.1, -0.05) is 6.42 Å². The second-order valence-electron chi connectivity index (χ2n) is 8.43. The fourth-order valence-electron chi connectivity index (χ4n) is 4.01. The molecule has 4 rings (SSSR count). The number of aromatic nitrogens is 1. The molecule has 0 saturated carbocycles. The van der Waals surface area contributed by atoms with E-state index in [1.807, 2.05) is 18.5 Å². The van der Waals surface area contributed by atoms with Crippen LogP contribution in [-0.2, 0) is 14.8 Å². The van der Waals surface area contributed by atoms with Crippen molar-refractivity contribution in [3.8, 4) is 22.8 Å². The maximum absolute atomic E-state index is 12.9. The van der Waals surface area contributed by atoms with Crippen LogP contribution in [0.3, 0.4) is 0 Å². The molecule has 11 heteroatoms. The Bertz CT molecular complexity index is 1330. The number of carbonyl (C=O) groups is 1. The second-order valence-corrected chi connectivity index (χ2v) is 11.2. The first-order chi connectivity index (χ1) is 17.3. The number of ether oxygens (including phenoxy) is 2. The van der Waals surface area contributed by atoms with Crippen molar-refractivity contribution >= 4 is 38.1 Å². The maximum Gasteiger partial charge on any atom is 0.262 e. The van der Waals surface area contributed by atoms with E-state index >= 15 is 0 Å². The summed E-state index contributed by atoms with van der Waals surface area (Å²) in [7, 11) is -0.188. The molecule has 0 spiro atoms. The third kappa shape index (κ3) is 5.80. The van der Waals surface area contributed by atoms with E-state index in [4.69, 9.17) is 9.47 Å². The highest BCUT2D eigenvalue weighted by Crippen LogP contribution is 2.32. The van der Waals surface area contributed by atoms with Crippen LogP contribution in [-0.4, -0.2) is 57.5 Å². The van der Waals surface area contributed by atoms with Crippen molar-refractivity contribution in [3.05, 3.63) is 47.3 Å². The monoisotopic (exact) mass is 530 g/mol. The average Bonchev–Trinajstić information content (AvgIpc) is 3.38. The van der Waals surface area contributed by atoms with Gasteiger partial charge < -0.3 is 20.1 Å². The Morgan fingerprint density at radius 2 is 1.86 bits per heavy atom. The van der Waals surface area contributed by atoms with E-state index in [0.29, 0.717) is 35.8 Å². The van der Waals surface area contributed by atoms with E-state index < -0.39 is 10.0 Å². The molecule has 1 aliphatic rings. The zero-order valence-electron chi connectivity index (χ0n) is 20.5. The van der Waals surface area contributed by atoms with Gasteiger partial charge in [0.2, 0.25) is 10.0 Å².